The zero-order valence-corrected chi connectivity index (χ0v) is 10.3. The molecule has 16 heavy (non-hydrogen) atoms. The highest BCUT2D eigenvalue weighted by Crippen LogP contribution is 2.30. The second-order valence-corrected chi connectivity index (χ2v) is 5.25. The van der Waals surface area contributed by atoms with Gasteiger partial charge in [-0.15, -0.1) is 0 Å². The van der Waals surface area contributed by atoms with Crippen LogP contribution in [-0.2, 0) is 11.2 Å². The van der Waals surface area contributed by atoms with Crippen LogP contribution >= 0.6 is 11.6 Å². The largest absolute Gasteiger partial charge is 0.299 e. The van der Waals surface area contributed by atoms with Crippen LogP contribution in [0.5, 0.6) is 0 Å². The van der Waals surface area contributed by atoms with Crippen molar-refractivity contribution in [3.63, 3.8) is 0 Å². The van der Waals surface area contributed by atoms with Crippen LogP contribution in [0.2, 0.25) is 5.02 Å². The van der Waals surface area contributed by atoms with Crippen LogP contribution in [0.25, 0.3) is 0 Å². The summed E-state index contributed by atoms with van der Waals surface area (Å²) in [7, 11) is 0. The van der Waals surface area contributed by atoms with E-state index in [9.17, 15) is 4.79 Å². The van der Waals surface area contributed by atoms with Gasteiger partial charge in [0.1, 0.15) is 5.78 Å². The lowest BCUT2D eigenvalue weighted by atomic mass is 9.78. The number of carbonyl (C=O) groups is 1. The van der Waals surface area contributed by atoms with Gasteiger partial charge in [-0.25, -0.2) is 0 Å². The van der Waals surface area contributed by atoms with Crippen molar-refractivity contribution in [3.05, 3.63) is 34.9 Å². The molecule has 1 nitrogen and oxygen atoms in total. The number of halogens is 1. The van der Waals surface area contributed by atoms with Crippen LogP contribution in [0.1, 0.15) is 31.7 Å². The van der Waals surface area contributed by atoms with Crippen molar-refractivity contribution in [1.29, 1.82) is 0 Å². The fourth-order valence-corrected chi connectivity index (χ4v) is 2.67. The molecule has 0 bridgehead atoms. The lowest BCUT2D eigenvalue weighted by molar-refractivity contribution is -0.125. The molecule has 1 aromatic carbocycles. The molecule has 0 aliphatic heterocycles. The van der Waals surface area contributed by atoms with Gasteiger partial charge in [0.2, 0.25) is 0 Å². The maximum atomic E-state index is 11.8. The van der Waals surface area contributed by atoms with Gasteiger partial charge in [0.25, 0.3) is 0 Å². The van der Waals surface area contributed by atoms with E-state index in [-0.39, 0.29) is 5.92 Å². The topological polar surface area (TPSA) is 17.1 Å². The minimum atomic E-state index is 0.184. The van der Waals surface area contributed by atoms with Crippen LogP contribution in [0, 0.1) is 11.8 Å². The summed E-state index contributed by atoms with van der Waals surface area (Å²) in [5.74, 6) is 1.27. The number of ketones is 1. The molecule has 0 spiro atoms. The summed E-state index contributed by atoms with van der Waals surface area (Å²) in [6, 6.07) is 7.83. The van der Waals surface area contributed by atoms with Gasteiger partial charge in [-0.05, 0) is 36.8 Å². The molecule has 1 aromatic rings. The summed E-state index contributed by atoms with van der Waals surface area (Å²) < 4.78 is 0. The first-order valence-corrected chi connectivity index (χ1v) is 6.30. The molecule has 2 unspecified atom stereocenters. The van der Waals surface area contributed by atoms with E-state index in [4.69, 9.17) is 11.6 Å². The first-order chi connectivity index (χ1) is 7.66. The van der Waals surface area contributed by atoms with E-state index in [0.717, 1.165) is 36.3 Å². The molecule has 0 aromatic heterocycles. The van der Waals surface area contributed by atoms with Gasteiger partial charge in [0, 0.05) is 17.4 Å². The van der Waals surface area contributed by atoms with Crippen molar-refractivity contribution in [3.8, 4) is 0 Å². The van der Waals surface area contributed by atoms with E-state index >= 15 is 0 Å². The third-order valence-electron chi connectivity index (χ3n) is 3.45. The van der Waals surface area contributed by atoms with E-state index in [2.05, 4.69) is 6.92 Å². The van der Waals surface area contributed by atoms with Crippen molar-refractivity contribution in [1.82, 2.24) is 0 Å². The highest BCUT2D eigenvalue weighted by molar-refractivity contribution is 6.31. The molecular formula is C14H17ClO. The number of benzene rings is 1. The van der Waals surface area contributed by atoms with Crippen LogP contribution in [0.15, 0.2) is 24.3 Å². The van der Waals surface area contributed by atoms with Crippen LogP contribution in [-0.4, -0.2) is 5.78 Å². The summed E-state index contributed by atoms with van der Waals surface area (Å²) in [5.41, 5.74) is 1.11. The van der Waals surface area contributed by atoms with Crippen LogP contribution < -0.4 is 0 Å². The third kappa shape index (κ3) is 2.65. The van der Waals surface area contributed by atoms with Gasteiger partial charge in [0.15, 0.2) is 0 Å². The van der Waals surface area contributed by atoms with E-state index in [1.165, 1.54) is 0 Å². The number of hydrogen-bond donors (Lipinski definition) is 0. The molecule has 2 heteroatoms. The zero-order chi connectivity index (χ0) is 11.5. The second kappa shape index (κ2) is 5.01. The van der Waals surface area contributed by atoms with E-state index in [1.54, 1.807) is 0 Å². The monoisotopic (exact) mass is 236 g/mol. The number of carbonyl (C=O) groups excluding carboxylic acids is 1. The third-order valence-corrected chi connectivity index (χ3v) is 3.82. The standard InChI is InChI=1S/C14H17ClO/c1-10-6-7-14(16)12(8-10)9-11-4-2-3-5-13(11)15/h2-5,10,12H,6-9H2,1H3. The van der Waals surface area contributed by atoms with Gasteiger partial charge in [-0.2, -0.15) is 0 Å². The van der Waals surface area contributed by atoms with E-state index in [1.807, 2.05) is 24.3 Å². The van der Waals surface area contributed by atoms with Gasteiger partial charge in [-0.3, -0.25) is 4.79 Å². The lowest BCUT2D eigenvalue weighted by Crippen LogP contribution is -2.25. The quantitative estimate of drug-likeness (QED) is 0.762. The average Bonchev–Trinajstić information content (AvgIpc) is 2.27. The molecule has 0 heterocycles. The first-order valence-electron chi connectivity index (χ1n) is 5.93. The molecule has 1 fully saturated rings. The summed E-state index contributed by atoms with van der Waals surface area (Å²) in [4.78, 5) is 11.8. The summed E-state index contributed by atoms with van der Waals surface area (Å²) >= 11 is 6.12. The highest BCUT2D eigenvalue weighted by atomic mass is 35.5. The van der Waals surface area contributed by atoms with Crippen LogP contribution in [0.4, 0.5) is 0 Å². The van der Waals surface area contributed by atoms with E-state index in [0.29, 0.717) is 11.7 Å². The van der Waals surface area contributed by atoms with Crippen molar-refractivity contribution in [2.24, 2.45) is 11.8 Å². The Kier molecular flexibility index (Phi) is 3.65. The SMILES string of the molecule is CC1CCC(=O)C(Cc2ccccc2Cl)C1. The molecule has 0 N–H and O–H groups in total. The number of Topliss-reactive ketones (excluding diaryl/α,β-unsaturated/α-hetero) is 1. The molecule has 2 rings (SSSR count). The molecule has 1 saturated carbocycles. The lowest BCUT2D eigenvalue weighted by Gasteiger charge is -2.25. The first kappa shape index (κ1) is 11.7. The Bertz CT molecular complexity index is 386. The Balaban J connectivity index is 2.09. The molecule has 86 valence electrons. The molecule has 0 amide bonds. The number of rotatable bonds is 2. The Labute approximate surface area is 102 Å². The van der Waals surface area contributed by atoms with Crippen molar-refractivity contribution < 1.29 is 4.79 Å². The normalized spacial score (nSPS) is 25.8. The van der Waals surface area contributed by atoms with Gasteiger partial charge in [-0.1, -0.05) is 36.7 Å². The predicted molar refractivity (Wildman–Crippen MR) is 66.7 cm³/mol. The Morgan fingerprint density at radius 2 is 2.12 bits per heavy atom. The summed E-state index contributed by atoms with van der Waals surface area (Å²) in [6.45, 7) is 2.23. The minimum absolute atomic E-state index is 0.184. The Morgan fingerprint density at radius 1 is 1.38 bits per heavy atom. The molecule has 1 aliphatic carbocycles. The average molecular weight is 237 g/mol. The predicted octanol–water partition coefficient (Wildman–Crippen LogP) is 3.89. The second-order valence-electron chi connectivity index (χ2n) is 4.84. The zero-order valence-electron chi connectivity index (χ0n) is 9.58. The maximum Gasteiger partial charge on any atom is 0.136 e. The molecule has 1 aliphatic rings. The molecule has 0 saturated heterocycles. The smallest absolute Gasteiger partial charge is 0.136 e. The Morgan fingerprint density at radius 3 is 2.88 bits per heavy atom. The van der Waals surface area contributed by atoms with Crippen LogP contribution in [0.3, 0.4) is 0 Å². The fraction of sp³-hybridized carbons (Fsp3) is 0.500. The van der Waals surface area contributed by atoms with Crippen molar-refractivity contribution >= 4 is 17.4 Å². The molecular weight excluding hydrogens is 220 g/mol. The van der Waals surface area contributed by atoms with Gasteiger partial charge in [0.05, 0.1) is 0 Å². The van der Waals surface area contributed by atoms with Crippen molar-refractivity contribution in [2.45, 2.75) is 32.6 Å². The molecule has 2 atom stereocenters. The van der Waals surface area contributed by atoms with Crippen molar-refractivity contribution in [2.75, 3.05) is 0 Å². The molecule has 0 radical (unpaired) electrons. The number of hydrogen-bond acceptors (Lipinski definition) is 1. The van der Waals surface area contributed by atoms with Gasteiger partial charge < -0.3 is 0 Å². The summed E-state index contributed by atoms with van der Waals surface area (Å²) in [5, 5.41) is 0.786. The van der Waals surface area contributed by atoms with E-state index < -0.39 is 0 Å². The minimum Gasteiger partial charge on any atom is -0.299 e. The highest BCUT2D eigenvalue weighted by Gasteiger charge is 2.26. The maximum absolute atomic E-state index is 11.8. The Hall–Kier alpha value is -0.820. The van der Waals surface area contributed by atoms with Gasteiger partial charge >= 0.3 is 0 Å². The fourth-order valence-electron chi connectivity index (χ4n) is 2.45. The summed E-state index contributed by atoms with van der Waals surface area (Å²) in [6.07, 6.45) is 3.63.